The monoisotopic (exact) mass is 388 g/mol. The van der Waals surface area contributed by atoms with Gasteiger partial charge in [0.15, 0.2) is 5.58 Å². The summed E-state index contributed by atoms with van der Waals surface area (Å²) in [5, 5.41) is 10.1. The fraction of sp³-hybridized carbons (Fsp3) is 0.130. The molecule has 0 saturated carbocycles. The highest BCUT2D eigenvalue weighted by molar-refractivity contribution is 5.94. The summed E-state index contributed by atoms with van der Waals surface area (Å²) in [5.74, 6) is -1.03. The number of hydrogen-bond donors (Lipinski definition) is 1. The first kappa shape index (κ1) is 18.7. The SMILES string of the molecule is CC(O)N(C(=O)Cn1c(=O)oc2ccc(-c3ccccc3)cc21)c1ccccc1. The molecule has 29 heavy (non-hydrogen) atoms. The number of aliphatic hydroxyl groups excluding tert-OH is 1. The number of amides is 1. The summed E-state index contributed by atoms with van der Waals surface area (Å²) in [7, 11) is 0. The number of fused-ring (bicyclic) bond motifs is 1. The van der Waals surface area contributed by atoms with Crippen LogP contribution in [0.4, 0.5) is 5.69 Å². The van der Waals surface area contributed by atoms with Crippen LogP contribution in [0.1, 0.15) is 6.92 Å². The van der Waals surface area contributed by atoms with Crippen LogP contribution >= 0.6 is 0 Å². The molecule has 1 N–H and O–H groups in total. The lowest BCUT2D eigenvalue weighted by Crippen LogP contribution is -2.41. The molecule has 3 aromatic carbocycles. The molecule has 0 radical (unpaired) electrons. The Balaban J connectivity index is 1.72. The van der Waals surface area contributed by atoms with Crippen LogP contribution in [-0.4, -0.2) is 21.8 Å². The van der Waals surface area contributed by atoms with Crippen molar-refractivity contribution in [3.8, 4) is 11.1 Å². The second-order valence-electron chi connectivity index (χ2n) is 6.73. The van der Waals surface area contributed by atoms with Gasteiger partial charge >= 0.3 is 5.76 Å². The maximum atomic E-state index is 13.0. The standard InChI is InChI=1S/C23H20N2O4/c1-16(26)25(19-10-6-3-7-11-19)22(27)15-24-20-14-18(17-8-4-2-5-9-17)12-13-21(20)29-23(24)28/h2-14,16,26H,15H2,1H3. The summed E-state index contributed by atoms with van der Waals surface area (Å²) in [5.41, 5.74) is 3.40. The van der Waals surface area contributed by atoms with Crippen molar-refractivity contribution < 1.29 is 14.3 Å². The van der Waals surface area contributed by atoms with Gasteiger partial charge in [0.2, 0.25) is 5.91 Å². The van der Waals surface area contributed by atoms with Crippen LogP contribution in [-0.2, 0) is 11.3 Å². The van der Waals surface area contributed by atoms with Crippen molar-refractivity contribution >= 4 is 22.7 Å². The van der Waals surface area contributed by atoms with Crippen molar-refractivity contribution in [3.63, 3.8) is 0 Å². The minimum atomic E-state index is -1.04. The van der Waals surface area contributed by atoms with Gasteiger partial charge in [0.25, 0.3) is 0 Å². The molecule has 0 aliphatic carbocycles. The minimum Gasteiger partial charge on any atom is -0.408 e. The number of carbonyl (C=O) groups excluding carboxylic acids is 1. The summed E-state index contributed by atoms with van der Waals surface area (Å²) >= 11 is 0. The molecule has 1 amide bonds. The number of rotatable bonds is 5. The number of carbonyl (C=O) groups is 1. The lowest BCUT2D eigenvalue weighted by atomic mass is 10.1. The van der Waals surface area contributed by atoms with Crippen LogP contribution < -0.4 is 10.7 Å². The van der Waals surface area contributed by atoms with E-state index in [1.165, 1.54) is 16.4 Å². The highest BCUT2D eigenvalue weighted by atomic mass is 16.4. The normalized spacial score (nSPS) is 12.1. The van der Waals surface area contributed by atoms with Gasteiger partial charge in [0.1, 0.15) is 12.8 Å². The van der Waals surface area contributed by atoms with Crippen LogP contribution in [0.3, 0.4) is 0 Å². The predicted octanol–water partition coefficient (Wildman–Crippen LogP) is 3.63. The number of aliphatic hydroxyl groups is 1. The Morgan fingerprint density at radius 3 is 2.31 bits per heavy atom. The molecule has 0 saturated heterocycles. The lowest BCUT2D eigenvalue weighted by molar-refractivity contribution is -0.120. The highest BCUT2D eigenvalue weighted by Gasteiger charge is 2.23. The van der Waals surface area contributed by atoms with Crippen molar-refractivity contribution in [2.45, 2.75) is 19.7 Å². The van der Waals surface area contributed by atoms with Gasteiger partial charge in [-0.2, -0.15) is 0 Å². The predicted molar refractivity (Wildman–Crippen MR) is 112 cm³/mol. The van der Waals surface area contributed by atoms with E-state index in [0.717, 1.165) is 11.1 Å². The van der Waals surface area contributed by atoms with Crippen molar-refractivity contribution in [2.24, 2.45) is 0 Å². The van der Waals surface area contributed by atoms with Gasteiger partial charge in [0, 0.05) is 5.69 Å². The summed E-state index contributed by atoms with van der Waals surface area (Å²) in [6, 6.07) is 24.0. The second kappa shape index (κ2) is 7.77. The van der Waals surface area contributed by atoms with E-state index in [4.69, 9.17) is 4.42 Å². The third-order valence-corrected chi connectivity index (χ3v) is 4.74. The molecular weight excluding hydrogens is 368 g/mol. The zero-order chi connectivity index (χ0) is 20.4. The van der Waals surface area contributed by atoms with Gasteiger partial charge in [-0.15, -0.1) is 0 Å². The van der Waals surface area contributed by atoms with Crippen LogP contribution in [0.5, 0.6) is 0 Å². The number of benzene rings is 3. The van der Waals surface area contributed by atoms with Crippen molar-refractivity contribution in [3.05, 3.63) is 89.4 Å². The van der Waals surface area contributed by atoms with Crippen LogP contribution in [0.2, 0.25) is 0 Å². The fourth-order valence-electron chi connectivity index (χ4n) is 3.39. The fourth-order valence-corrected chi connectivity index (χ4v) is 3.39. The van der Waals surface area contributed by atoms with Gasteiger partial charge in [-0.1, -0.05) is 54.6 Å². The summed E-state index contributed by atoms with van der Waals surface area (Å²) in [6.07, 6.45) is -1.04. The molecule has 0 bridgehead atoms. The molecule has 0 fully saturated rings. The van der Waals surface area contributed by atoms with Gasteiger partial charge in [0.05, 0.1) is 5.52 Å². The van der Waals surface area contributed by atoms with Gasteiger partial charge < -0.3 is 9.52 Å². The Kier molecular flexibility index (Phi) is 5.01. The third-order valence-electron chi connectivity index (χ3n) is 4.74. The lowest BCUT2D eigenvalue weighted by Gasteiger charge is -2.25. The quantitative estimate of drug-likeness (QED) is 0.530. The zero-order valence-electron chi connectivity index (χ0n) is 15.9. The molecule has 4 aromatic rings. The molecule has 6 nitrogen and oxygen atoms in total. The number of nitrogens with zero attached hydrogens (tertiary/aromatic N) is 2. The Morgan fingerprint density at radius 1 is 1.00 bits per heavy atom. The number of aromatic nitrogens is 1. The van der Waals surface area contributed by atoms with Crippen molar-refractivity contribution in [1.29, 1.82) is 0 Å². The maximum absolute atomic E-state index is 13.0. The highest BCUT2D eigenvalue weighted by Crippen LogP contribution is 2.24. The van der Waals surface area contributed by atoms with Crippen LogP contribution in [0, 0.1) is 0 Å². The molecule has 4 rings (SSSR count). The van der Waals surface area contributed by atoms with E-state index in [2.05, 4.69) is 0 Å². The number of hydrogen-bond acceptors (Lipinski definition) is 4. The maximum Gasteiger partial charge on any atom is 0.420 e. The molecule has 146 valence electrons. The molecule has 0 spiro atoms. The van der Waals surface area contributed by atoms with Gasteiger partial charge in [-0.25, -0.2) is 4.79 Å². The summed E-state index contributed by atoms with van der Waals surface area (Å²) in [6.45, 7) is 1.26. The minimum absolute atomic E-state index is 0.246. The average molecular weight is 388 g/mol. The molecule has 0 aliphatic heterocycles. The number of oxazole rings is 1. The summed E-state index contributed by atoms with van der Waals surface area (Å²) < 4.78 is 6.60. The first-order valence-electron chi connectivity index (χ1n) is 9.28. The Morgan fingerprint density at radius 2 is 1.66 bits per heavy atom. The molecule has 6 heteroatoms. The first-order valence-corrected chi connectivity index (χ1v) is 9.28. The van der Waals surface area contributed by atoms with Gasteiger partial charge in [-0.3, -0.25) is 14.3 Å². The number of anilines is 1. The van der Waals surface area contributed by atoms with Crippen molar-refractivity contribution in [2.75, 3.05) is 4.90 Å². The molecule has 1 unspecified atom stereocenters. The molecule has 1 heterocycles. The summed E-state index contributed by atoms with van der Waals surface area (Å²) in [4.78, 5) is 26.6. The van der Waals surface area contributed by atoms with E-state index in [9.17, 15) is 14.7 Å². The van der Waals surface area contributed by atoms with Crippen LogP contribution in [0.15, 0.2) is 88.1 Å². The molecule has 1 atom stereocenters. The Bertz CT molecular complexity index is 1190. The zero-order valence-corrected chi connectivity index (χ0v) is 15.9. The second-order valence-corrected chi connectivity index (χ2v) is 6.73. The smallest absolute Gasteiger partial charge is 0.408 e. The van der Waals surface area contributed by atoms with E-state index < -0.39 is 17.9 Å². The van der Waals surface area contributed by atoms with Crippen molar-refractivity contribution in [1.82, 2.24) is 4.57 Å². The van der Waals surface area contributed by atoms with E-state index in [1.54, 1.807) is 30.3 Å². The van der Waals surface area contributed by atoms with E-state index in [0.29, 0.717) is 16.8 Å². The molecule has 0 aliphatic rings. The van der Waals surface area contributed by atoms with E-state index >= 15 is 0 Å². The largest absolute Gasteiger partial charge is 0.420 e. The van der Waals surface area contributed by atoms with Gasteiger partial charge in [-0.05, 0) is 42.3 Å². The third kappa shape index (κ3) is 3.70. The topological polar surface area (TPSA) is 75.7 Å². The van der Waals surface area contributed by atoms with Crippen LogP contribution in [0.25, 0.3) is 22.2 Å². The van der Waals surface area contributed by atoms with E-state index in [-0.39, 0.29) is 6.54 Å². The Hall–Kier alpha value is -3.64. The number of para-hydroxylation sites is 1. The first-order chi connectivity index (χ1) is 14.0. The molecule has 1 aromatic heterocycles. The Labute approximate surface area is 167 Å². The van der Waals surface area contributed by atoms with E-state index in [1.807, 2.05) is 48.5 Å². The molecular formula is C23H20N2O4. The average Bonchev–Trinajstić information content (AvgIpc) is 3.04.